The molecular formula is C4H8I2N2. The second-order valence-electron chi connectivity index (χ2n) is 1.38. The Kier molecular flexibility index (Phi) is 5.54. The van der Waals surface area contributed by atoms with Crippen LogP contribution in [-0.2, 0) is 0 Å². The second-order valence-corrected chi connectivity index (χ2v) is 4.98. The summed E-state index contributed by atoms with van der Waals surface area (Å²) in [6.07, 6.45) is 0. The van der Waals surface area contributed by atoms with E-state index in [-0.39, 0.29) is 0 Å². The maximum absolute atomic E-state index is 3.93. The van der Waals surface area contributed by atoms with Gasteiger partial charge < -0.3 is 0 Å². The molecule has 0 amide bonds. The van der Waals surface area contributed by atoms with E-state index in [9.17, 15) is 0 Å². The maximum Gasteiger partial charge on any atom is 0.119 e. The minimum absolute atomic E-state index is 0.310. The fraction of sp³-hybridized carbons (Fsp3) is 1.00. The zero-order valence-corrected chi connectivity index (χ0v) is 9.12. The van der Waals surface area contributed by atoms with E-state index in [0.717, 1.165) is 0 Å². The molecular weight excluding hydrogens is 330 g/mol. The molecule has 0 aromatic heterocycles. The largest absolute Gasteiger partial charge is 0.179 e. The molecule has 0 fully saturated rings. The van der Waals surface area contributed by atoms with Crippen LogP contribution in [0.2, 0.25) is 0 Å². The van der Waals surface area contributed by atoms with Crippen molar-refractivity contribution in [3.63, 3.8) is 0 Å². The molecule has 2 unspecified atom stereocenters. The van der Waals surface area contributed by atoms with Gasteiger partial charge in [0.1, 0.15) is 8.10 Å². The number of nitrogens with zero attached hydrogens (tertiary/aromatic N) is 2. The first kappa shape index (κ1) is 9.06. The molecule has 0 aliphatic heterocycles. The SMILES string of the molecule is CC(I)N=NC(C)I. The molecule has 0 spiro atoms. The number of halogens is 2. The number of azo groups is 1. The van der Waals surface area contributed by atoms with Crippen molar-refractivity contribution >= 4 is 45.2 Å². The Morgan fingerprint density at radius 2 is 1.25 bits per heavy atom. The van der Waals surface area contributed by atoms with Crippen molar-refractivity contribution < 1.29 is 0 Å². The third-order valence-corrected chi connectivity index (χ3v) is 0.883. The van der Waals surface area contributed by atoms with Crippen molar-refractivity contribution in [1.82, 2.24) is 0 Å². The molecule has 0 aromatic rings. The maximum atomic E-state index is 3.93. The summed E-state index contributed by atoms with van der Waals surface area (Å²) in [5.74, 6) is 0. The zero-order valence-electron chi connectivity index (χ0n) is 4.81. The van der Waals surface area contributed by atoms with Crippen molar-refractivity contribution in [1.29, 1.82) is 0 Å². The zero-order chi connectivity index (χ0) is 6.57. The van der Waals surface area contributed by atoms with Crippen LogP contribution >= 0.6 is 45.2 Å². The van der Waals surface area contributed by atoms with E-state index < -0.39 is 0 Å². The van der Waals surface area contributed by atoms with Crippen molar-refractivity contribution in [3.05, 3.63) is 0 Å². The Labute approximate surface area is 76.8 Å². The van der Waals surface area contributed by atoms with Crippen LogP contribution in [0.5, 0.6) is 0 Å². The summed E-state index contributed by atoms with van der Waals surface area (Å²) < 4.78 is 0.620. The average molecular weight is 338 g/mol. The third-order valence-electron chi connectivity index (χ3n) is 0.385. The highest BCUT2D eigenvalue weighted by molar-refractivity contribution is 14.1. The van der Waals surface area contributed by atoms with Gasteiger partial charge in [-0.3, -0.25) is 0 Å². The molecule has 8 heavy (non-hydrogen) atoms. The van der Waals surface area contributed by atoms with Gasteiger partial charge in [0.15, 0.2) is 0 Å². The van der Waals surface area contributed by atoms with Crippen LogP contribution < -0.4 is 0 Å². The summed E-state index contributed by atoms with van der Waals surface area (Å²) in [7, 11) is 0. The Morgan fingerprint density at radius 1 is 1.00 bits per heavy atom. The second kappa shape index (κ2) is 4.89. The van der Waals surface area contributed by atoms with Crippen molar-refractivity contribution in [2.75, 3.05) is 0 Å². The number of hydrogen-bond acceptors (Lipinski definition) is 2. The molecule has 2 nitrogen and oxygen atoms in total. The molecule has 0 aliphatic rings. The van der Waals surface area contributed by atoms with E-state index in [1.165, 1.54) is 0 Å². The molecule has 0 rings (SSSR count). The summed E-state index contributed by atoms with van der Waals surface area (Å²) in [4.78, 5) is 0. The van der Waals surface area contributed by atoms with Crippen LogP contribution in [0, 0.1) is 0 Å². The lowest BCUT2D eigenvalue weighted by atomic mass is 10.8. The van der Waals surface area contributed by atoms with E-state index in [4.69, 9.17) is 0 Å². The molecule has 0 saturated heterocycles. The smallest absolute Gasteiger partial charge is 0.119 e. The lowest BCUT2D eigenvalue weighted by molar-refractivity contribution is 0.870. The van der Waals surface area contributed by atoms with Crippen LogP contribution in [0.4, 0.5) is 0 Å². The molecule has 2 atom stereocenters. The van der Waals surface area contributed by atoms with Crippen molar-refractivity contribution in [2.45, 2.75) is 21.9 Å². The van der Waals surface area contributed by atoms with Gasteiger partial charge in [0.2, 0.25) is 0 Å². The lowest BCUT2D eigenvalue weighted by Gasteiger charge is -1.92. The van der Waals surface area contributed by atoms with Gasteiger partial charge in [0.05, 0.1) is 0 Å². The van der Waals surface area contributed by atoms with Gasteiger partial charge in [0.25, 0.3) is 0 Å². The van der Waals surface area contributed by atoms with E-state index in [1.54, 1.807) is 0 Å². The Bertz CT molecular complexity index is 70.1. The third kappa shape index (κ3) is 7.06. The molecule has 0 saturated carbocycles. The first-order valence-electron chi connectivity index (χ1n) is 2.31. The molecule has 0 aromatic carbocycles. The monoisotopic (exact) mass is 338 g/mol. The normalized spacial score (nSPS) is 19.0. The Morgan fingerprint density at radius 3 is 1.38 bits per heavy atom. The number of hydrogen-bond donors (Lipinski definition) is 0. The fourth-order valence-corrected chi connectivity index (χ4v) is 0.471. The van der Waals surface area contributed by atoms with Crippen molar-refractivity contribution in [3.8, 4) is 0 Å². The molecule has 4 heteroatoms. The molecule has 0 N–H and O–H groups in total. The van der Waals surface area contributed by atoms with Crippen molar-refractivity contribution in [2.24, 2.45) is 10.2 Å². The van der Waals surface area contributed by atoms with Gasteiger partial charge in [-0.25, -0.2) is 0 Å². The summed E-state index contributed by atoms with van der Waals surface area (Å²) in [6.45, 7) is 4.01. The molecule has 0 radical (unpaired) electrons. The molecule has 0 heterocycles. The van der Waals surface area contributed by atoms with E-state index in [1.807, 2.05) is 13.8 Å². The average Bonchev–Trinajstić information content (AvgIpc) is 1.61. The first-order valence-corrected chi connectivity index (χ1v) is 4.80. The summed E-state index contributed by atoms with van der Waals surface area (Å²) >= 11 is 4.42. The predicted octanol–water partition coefficient (Wildman–Crippen LogP) is 3.00. The Balaban J connectivity index is 3.34. The summed E-state index contributed by atoms with van der Waals surface area (Å²) in [5.41, 5.74) is 0. The highest BCUT2D eigenvalue weighted by Gasteiger charge is 1.89. The van der Waals surface area contributed by atoms with Crippen LogP contribution in [0.3, 0.4) is 0 Å². The summed E-state index contributed by atoms with van der Waals surface area (Å²) in [6, 6.07) is 0. The van der Waals surface area contributed by atoms with Gasteiger partial charge in [-0.15, -0.1) is 0 Å². The first-order chi connectivity index (χ1) is 3.63. The van der Waals surface area contributed by atoms with Crippen LogP contribution in [-0.4, -0.2) is 8.10 Å². The highest BCUT2D eigenvalue weighted by Crippen LogP contribution is 2.05. The lowest BCUT2D eigenvalue weighted by Crippen LogP contribution is -1.84. The van der Waals surface area contributed by atoms with Gasteiger partial charge in [0, 0.05) is 0 Å². The number of rotatable bonds is 2. The minimum Gasteiger partial charge on any atom is -0.179 e. The fourth-order valence-electron chi connectivity index (χ4n) is 0.184. The molecule has 0 aliphatic carbocycles. The predicted molar refractivity (Wildman–Crippen MR) is 51.8 cm³/mol. The van der Waals surface area contributed by atoms with E-state index >= 15 is 0 Å². The van der Waals surface area contributed by atoms with E-state index in [0.29, 0.717) is 8.10 Å². The topological polar surface area (TPSA) is 24.7 Å². The Hall–Kier alpha value is 1.06. The quantitative estimate of drug-likeness (QED) is 0.320. The van der Waals surface area contributed by atoms with Crippen LogP contribution in [0.25, 0.3) is 0 Å². The minimum atomic E-state index is 0.310. The van der Waals surface area contributed by atoms with Gasteiger partial charge in [-0.2, -0.15) is 10.2 Å². The standard InChI is InChI=1S/C4H8I2N2/c1-3(5)7-8-4(2)6/h3-4H,1-2H3. The highest BCUT2D eigenvalue weighted by atomic mass is 127. The van der Waals surface area contributed by atoms with Gasteiger partial charge in [-0.1, -0.05) is 45.2 Å². The van der Waals surface area contributed by atoms with E-state index in [2.05, 4.69) is 55.4 Å². The number of alkyl halides is 2. The van der Waals surface area contributed by atoms with Gasteiger partial charge in [-0.05, 0) is 13.8 Å². The molecule has 0 bridgehead atoms. The van der Waals surface area contributed by atoms with Crippen LogP contribution in [0.1, 0.15) is 13.8 Å². The summed E-state index contributed by atoms with van der Waals surface area (Å²) in [5, 5.41) is 7.86. The van der Waals surface area contributed by atoms with Crippen LogP contribution in [0.15, 0.2) is 10.2 Å². The molecule has 48 valence electrons. The van der Waals surface area contributed by atoms with Gasteiger partial charge >= 0.3 is 0 Å².